The number of aromatic hydroxyl groups is 1. The Kier molecular flexibility index (Phi) is 5.50. The molecule has 0 bridgehead atoms. The Bertz CT molecular complexity index is 1090. The zero-order chi connectivity index (χ0) is 20.5. The first-order valence-corrected chi connectivity index (χ1v) is 9.87. The number of likely N-dealkylation sites (N-methyl/N-ethyl adjacent to an activating group) is 1. The average Bonchev–Trinajstić information content (AvgIpc) is 2.72. The zero-order valence-corrected chi connectivity index (χ0v) is 17.2. The van der Waals surface area contributed by atoms with Crippen molar-refractivity contribution in [2.24, 2.45) is 0 Å². The molecule has 1 aliphatic rings. The van der Waals surface area contributed by atoms with Crippen molar-refractivity contribution < 1.29 is 14.3 Å². The van der Waals surface area contributed by atoms with Gasteiger partial charge in [0.1, 0.15) is 28.7 Å². The van der Waals surface area contributed by atoms with Gasteiger partial charge in [-0.15, -0.1) is 0 Å². The summed E-state index contributed by atoms with van der Waals surface area (Å²) in [6, 6.07) is 8.51. The second-order valence-corrected chi connectivity index (χ2v) is 7.78. The zero-order valence-electron chi connectivity index (χ0n) is 16.4. The van der Waals surface area contributed by atoms with Gasteiger partial charge in [0.05, 0.1) is 18.2 Å². The fourth-order valence-corrected chi connectivity index (χ4v) is 3.81. The number of rotatable bonds is 4. The minimum atomic E-state index is -0.204. The molecule has 1 aliphatic heterocycles. The monoisotopic (exact) mass is 414 g/mol. The molecule has 152 valence electrons. The molecule has 1 saturated heterocycles. The fraction of sp³-hybridized carbons (Fsp3) is 0.318. The Balaban J connectivity index is 1.83. The van der Waals surface area contributed by atoms with E-state index < -0.39 is 0 Å². The molecule has 0 atom stereocenters. The van der Waals surface area contributed by atoms with E-state index in [4.69, 9.17) is 20.8 Å². The predicted octanol–water partition coefficient (Wildman–Crippen LogP) is 3.58. The average molecular weight is 415 g/mol. The number of hydrogen-bond donors (Lipinski definition) is 1. The van der Waals surface area contributed by atoms with Gasteiger partial charge in [0.2, 0.25) is 5.43 Å². The summed E-state index contributed by atoms with van der Waals surface area (Å²) >= 11 is 5.96. The van der Waals surface area contributed by atoms with Crippen LogP contribution in [0.25, 0.3) is 22.1 Å². The Morgan fingerprint density at radius 2 is 1.86 bits per heavy atom. The molecule has 0 spiro atoms. The normalized spacial score (nSPS) is 15.7. The number of nitrogens with zero attached hydrogens (tertiary/aromatic N) is 2. The van der Waals surface area contributed by atoms with E-state index >= 15 is 0 Å². The van der Waals surface area contributed by atoms with Crippen LogP contribution in [0.4, 0.5) is 0 Å². The lowest BCUT2D eigenvalue weighted by Crippen LogP contribution is -2.43. The SMILES string of the molecule is COc1cc(O)c(CN2CCN(C)CC2)c2occ(-c3ccc(Cl)cc3)c(=O)c12. The van der Waals surface area contributed by atoms with Gasteiger partial charge in [-0.05, 0) is 24.7 Å². The number of fused-ring (bicyclic) bond motifs is 1. The van der Waals surface area contributed by atoms with Crippen molar-refractivity contribution in [3.8, 4) is 22.6 Å². The van der Waals surface area contributed by atoms with Crippen LogP contribution in [0.3, 0.4) is 0 Å². The third kappa shape index (κ3) is 3.83. The molecular weight excluding hydrogens is 392 g/mol. The third-order valence-electron chi connectivity index (χ3n) is 5.44. The van der Waals surface area contributed by atoms with Crippen LogP contribution in [0.15, 0.2) is 45.8 Å². The van der Waals surface area contributed by atoms with Crippen molar-refractivity contribution in [2.45, 2.75) is 6.54 Å². The Morgan fingerprint density at radius 1 is 1.17 bits per heavy atom. The van der Waals surface area contributed by atoms with E-state index in [0.29, 0.717) is 45.0 Å². The summed E-state index contributed by atoms with van der Waals surface area (Å²) in [5.74, 6) is 0.361. The molecule has 29 heavy (non-hydrogen) atoms. The maximum atomic E-state index is 13.3. The molecule has 0 aliphatic carbocycles. The van der Waals surface area contributed by atoms with Crippen LogP contribution < -0.4 is 10.2 Å². The van der Waals surface area contributed by atoms with Gasteiger partial charge in [0.15, 0.2) is 0 Å². The van der Waals surface area contributed by atoms with Crippen molar-refractivity contribution in [3.05, 3.63) is 57.4 Å². The molecule has 7 heteroatoms. The minimum Gasteiger partial charge on any atom is -0.507 e. The predicted molar refractivity (Wildman–Crippen MR) is 114 cm³/mol. The number of hydrogen-bond acceptors (Lipinski definition) is 6. The van der Waals surface area contributed by atoms with Gasteiger partial charge in [0.25, 0.3) is 0 Å². The molecule has 3 aromatic rings. The van der Waals surface area contributed by atoms with Crippen molar-refractivity contribution in [2.75, 3.05) is 40.3 Å². The third-order valence-corrected chi connectivity index (χ3v) is 5.70. The van der Waals surface area contributed by atoms with E-state index in [1.165, 1.54) is 19.4 Å². The number of benzene rings is 2. The summed E-state index contributed by atoms with van der Waals surface area (Å²) < 4.78 is 11.3. The van der Waals surface area contributed by atoms with E-state index in [1.807, 2.05) is 0 Å². The quantitative estimate of drug-likeness (QED) is 0.704. The summed E-state index contributed by atoms with van der Waals surface area (Å²) in [7, 11) is 3.57. The lowest BCUT2D eigenvalue weighted by Gasteiger charge is -2.32. The van der Waals surface area contributed by atoms with Crippen LogP contribution in [-0.2, 0) is 6.54 Å². The molecular formula is C22H23ClN2O4. The number of ether oxygens (including phenoxy) is 1. The lowest BCUT2D eigenvalue weighted by molar-refractivity contribution is 0.147. The van der Waals surface area contributed by atoms with Gasteiger partial charge in [0, 0.05) is 43.8 Å². The number of halogens is 1. The Hall–Kier alpha value is -2.54. The molecule has 1 N–H and O–H groups in total. The van der Waals surface area contributed by atoms with E-state index in [2.05, 4.69) is 16.8 Å². The van der Waals surface area contributed by atoms with Crippen LogP contribution in [0.2, 0.25) is 5.02 Å². The first-order valence-electron chi connectivity index (χ1n) is 9.49. The Morgan fingerprint density at radius 3 is 2.52 bits per heavy atom. The maximum Gasteiger partial charge on any atom is 0.204 e. The second kappa shape index (κ2) is 8.06. The minimum absolute atomic E-state index is 0.0654. The van der Waals surface area contributed by atoms with Crippen LogP contribution in [0, 0.1) is 0 Å². The summed E-state index contributed by atoms with van der Waals surface area (Å²) in [6.45, 7) is 4.19. The number of phenols is 1. The van der Waals surface area contributed by atoms with Gasteiger partial charge < -0.3 is 19.2 Å². The van der Waals surface area contributed by atoms with Gasteiger partial charge in [-0.2, -0.15) is 0 Å². The topological polar surface area (TPSA) is 66.2 Å². The second-order valence-electron chi connectivity index (χ2n) is 7.35. The molecule has 0 saturated carbocycles. The van der Waals surface area contributed by atoms with Gasteiger partial charge in [-0.25, -0.2) is 0 Å². The van der Waals surface area contributed by atoms with Crippen LogP contribution in [0.5, 0.6) is 11.5 Å². The Labute approximate surface area is 173 Å². The first-order chi connectivity index (χ1) is 14.0. The van der Waals surface area contributed by atoms with Crippen molar-refractivity contribution >= 4 is 22.6 Å². The standard InChI is InChI=1S/C22H23ClN2O4/c1-24-7-9-25(10-8-24)12-16-18(26)11-19(28-2)20-21(27)17(13-29-22(16)20)14-3-5-15(23)6-4-14/h3-6,11,13,26H,7-10,12H2,1-2H3. The maximum absolute atomic E-state index is 13.3. The number of methoxy groups -OCH3 is 1. The van der Waals surface area contributed by atoms with Crippen LogP contribution in [-0.4, -0.2) is 55.2 Å². The largest absolute Gasteiger partial charge is 0.507 e. The highest BCUT2D eigenvalue weighted by Crippen LogP contribution is 2.36. The summed E-state index contributed by atoms with van der Waals surface area (Å²) in [5.41, 5.74) is 1.89. The fourth-order valence-electron chi connectivity index (χ4n) is 3.69. The molecule has 1 fully saturated rings. The van der Waals surface area contributed by atoms with Gasteiger partial charge in [-0.3, -0.25) is 9.69 Å². The van der Waals surface area contributed by atoms with Crippen LogP contribution in [0.1, 0.15) is 5.56 Å². The molecule has 0 radical (unpaired) electrons. The molecule has 0 unspecified atom stereocenters. The van der Waals surface area contributed by atoms with E-state index in [1.54, 1.807) is 24.3 Å². The summed E-state index contributed by atoms with van der Waals surface area (Å²) in [5, 5.41) is 11.5. The lowest BCUT2D eigenvalue weighted by atomic mass is 10.0. The summed E-state index contributed by atoms with van der Waals surface area (Å²) in [4.78, 5) is 17.8. The van der Waals surface area contributed by atoms with E-state index in [-0.39, 0.29) is 11.2 Å². The molecule has 2 heterocycles. The summed E-state index contributed by atoms with van der Waals surface area (Å²) in [6.07, 6.45) is 1.44. The van der Waals surface area contributed by atoms with E-state index in [9.17, 15) is 9.90 Å². The molecule has 2 aromatic carbocycles. The van der Waals surface area contributed by atoms with Crippen molar-refractivity contribution in [1.29, 1.82) is 0 Å². The van der Waals surface area contributed by atoms with E-state index in [0.717, 1.165) is 26.2 Å². The first kappa shape index (κ1) is 19.8. The molecule has 6 nitrogen and oxygen atoms in total. The molecule has 1 aromatic heterocycles. The molecule has 4 rings (SSSR count). The number of piperazine rings is 1. The smallest absolute Gasteiger partial charge is 0.204 e. The molecule has 0 amide bonds. The van der Waals surface area contributed by atoms with Gasteiger partial charge in [-0.1, -0.05) is 23.7 Å². The number of phenolic OH excluding ortho intramolecular Hbond substituents is 1. The highest BCUT2D eigenvalue weighted by Gasteiger charge is 2.23. The highest BCUT2D eigenvalue weighted by molar-refractivity contribution is 6.30. The van der Waals surface area contributed by atoms with Gasteiger partial charge >= 0.3 is 0 Å². The van der Waals surface area contributed by atoms with Crippen LogP contribution >= 0.6 is 11.6 Å². The van der Waals surface area contributed by atoms with Crippen molar-refractivity contribution in [1.82, 2.24) is 9.80 Å². The highest BCUT2D eigenvalue weighted by atomic mass is 35.5. The van der Waals surface area contributed by atoms with Crippen molar-refractivity contribution in [3.63, 3.8) is 0 Å².